The van der Waals surface area contributed by atoms with Crippen LogP contribution in [-0.2, 0) is 14.3 Å². The topological polar surface area (TPSA) is 46.6 Å². The second-order valence-corrected chi connectivity index (χ2v) is 5.79. The first kappa shape index (κ1) is 14.4. The van der Waals surface area contributed by atoms with Gasteiger partial charge in [-0.2, -0.15) is 0 Å². The molecule has 1 unspecified atom stereocenters. The quantitative estimate of drug-likeness (QED) is 0.785. The number of hydrogen-bond acceptors (Lipinski definition) is 3. The number of halogens is 1. The van der Waals surface area contributed by atoms with E-state index in [0.29, 0.717) is 32.2 Å². The molecule has 108 valence electrons. The van der Waals surface area contributed by atoms with Crippen LogP contribution >= 0.6 is 0 Å². The Bertz CT molecular complexity index is 359. The Hall–Kier alpha value is -0.970. The molecule has 1 aliphatic heterocycles. The molecule has 1 amide bonds. The number of piperidine rings is 1. The van der Waals surface area contributed by atoms with Gasteiger partial charge in [0, 0.05) is 25.3 Å². The Balaban J connectivity index is 1.87. The minimum atomic E-state index is -1.13. The van der Waals surface area contributed by atoms with Gasteiger partial charge in [-0.15, -0.1) is 0 Å². The van der Waals surface area contributed by atoms with Crippen LogP contribution in [0.2, 0.25) is 0 Å². The zero-order chi connectivity index (χ0) is 14.0. The van der Waals surface area contributed by atoms with Crippen LogP contribution in [0.25, 0.3) is 0 Å². The molecule has 1 saturated heterocycles. The molecule has 1 heterocycles. The molecule has 2 fully saturated rings. The molecule has 0 bridgehead atoms. The molecule has 2 aliphatic rings. The predicted molar refractivity (Wildman–Crippen MR) is 68.5 cm³/mol. The summed E-state index contributed by atoms with van der Waals surface area (Å²) in [5.74, 6) is -0.132. The van der Waals surface area contributed by atoms with Crippen LogP contribution < -0.4 is 0 Å². The molecule has 0 aromatic carbocycles. The summed E-state index contributed by atoms with van der Waals surface area (Å²) < 4.78 is 19.5. The zero-order valence-corrected chi connectivity index (χ0v) is 11.6. The normalized spacial score (nSPS) is 32.1. The van der Waals surface area contributed by atoms with E-state index in [2.05, 4.69) is 0 Å². The number of rotatable bonds is 3. The number of hydrogen-bond donors (Lipinski definition) is 0. The lowest BCUT2D eigenvalue weighted by Gasteiger charge is -2.36. The van der Waals surface area contributed by atoms with Crippen molar-refractivity contribution < 1.29 is 18.7 Å². The average molecular weight is 271 g/mol. The minimum absolute atomic E-state index is 0.00189. The fourth-order valence-electron chi connectivity index (χ4n) is 2.87. The smallest absolute Gasteiger partial charge is 0.226 e. The van der Waals surface area contributed by atoms with E-state index in [-0.39, 0.29) is 30.3 Å². The monoisotopic (exact) mass is 271 g/mol. The van der Waals surface area contributed by atoms with E-state index in [1.54, 1.807) is 4.90 Å². The molecule has 0 aromatic heterocycles. The van der Waals surface area contributed by atoms with Crippen molar-refractivity contribution in [1.29, 1.82) is 0 Å². The van der Waals surface area contributed by atoms with Crippen molar-refractivity contribution in [3.63, 3.8) is 0 Å². The lowest BCUT2D eigenvalue weighted by molar-refractivity contribution is -0.143. The summed E-state index contributed by atoms with van der Waals surface area (Å²) in [6, 6.07) is 0. The van der Waals surface area contributed by atoms with E-state index in [1.807, 2.05) is 13.8 Å². The number of carbonyl (C=O) groups excluding carboxylic acids is 2. The van der Waals surface area contributed by atoms with Crippen LogP contribution in [0.15, 0.2) is 0 Å². The molecule has 0 radical (unpaired) electrons. The van der Waals surface area contributed by atoms with Gasteiger partial charge >= 0.3 is 0 Å². The van der Waals surface area contributed by atoms with E-state index in [0.717, 1.165) is 0 Å². The van der Waals surface area contributed by atoms with Crippen LogP contribution in [-0.4, -0.2) is 48.1 Å². The van der Waals surface area contributed by atoms with Crippen LogP contribution in [0.1, 0.15) is 39.5 Å². The fourth-order valence-corrected chi connectivity index (χ4v) is 2.87. The molecule has 0 spiro atoms. The van der Waals surface area contributed by atoms with Gasteiger partial charge < -0.3 is 9.64 Å². The molecule has 3 atom stereocenters. The van der Waals surface area contributed by atoms with Gasteiger partial charge in [0.25, 0.3) is 0 Å². The molecule has 0 N–H and O–H groups in total. The molecule has 1 saturated carbocycles. The van der Waals surface area contributed by atoms with Crippen LogP contribution in [0.4, 0.5) is 4.39 Å². The number of Topliss-reactive ketones (excluding diaryl/α,β-unsaturated/α-hetero) is 1. The third-order valence-corrected chi connectivity index (χ3v) is 3.84. The van der Waals surface area contributed by atoms with Gasteiger partial charge in [-0.1, -0.05) is 0 Å². The summed E-state index contributed by atoms with van der Waals surface area (Å²) in [7, 11) is 0. The van der Waals surface area contributed by atoms with Gasteiger partial charge in [-0.05, 0) is 26.7 Å². The van der Waals surface area contributed by atoms with E-state index in [4.69, 9.17) is 4.74 Å². The zero-order valence-electron chi connectivity index (χ0n) is 11.6. The Labute approximate surface area is 113 Å². The van der Waals surface area contributed by atoms with Gasteiger partial charge in [0.05, 0.1) is 18.8 Å². The second kappa shape index (κ2) is 5.99. The highest BCUT2D eigenvalue weighted by molar-refractivity contribution is 5.90. The van der Waals surface area contributed by atoms with Crippen molar-refractivity contribution in [3.05, 3.63) is 0 Å². The summed E-state index contributed by atoms with van der Waals surface area (Å²) in [5.41, 5.74) is 0. The first-order valence-electron chi connectivity index (χ1n) is 7.07. The summed E-state index contributed by atoms with van der Waals surface area (Å²) in [4.78, 5) is 25.0. The molecular weight excluding hydrogens is 249 g/mol. The standard InChI is InChI=1S/C14H22FNO3/c1-9(2)19-13-5-6-16(8-12(13)15)14(18)10-3-4-11(17)7-10/h9-10,12-13H,3-8H2,1-2H3/t10-,12+,13?/m0/s1. The maximum Gasteiger partial charge on any atom is 0.226 e. The van der Waals surface area contributed by atoms with Gasteiger partial charge in [0.1, 0.15) is 12.0 Å². The highest BCUT2D eigenvalue weighted by Crippen LogP contribution is 2.27. The molecule has 1 aliphatic carbocycles. The number of alkyl halides is 1. The van der Waals surface area contributed by atoms with Crippen molar-refractivity contribution in [2.24, 2.45) is 5.92 Å². The summed E-state index contributed by atoms with van der Waals surface area (Å²) in [6.45, 7) is 4.39. The van der Waals surface area contributed by atoms with E-state index < -0.39 is 12.3 Å². The van der Waals surface area contributed by atoms with Crippen LogP contribution in [0.3, 0.4) is 0 Å². The first-order chi connectivity index (χ1) is 8.97. The minimum Gasteiger partial charge on any atom is -0.372 e. The summed E-state index contributed by atoms with van der Waals surface area (Å²) >= 11 is 0. The van der Waals surface area contributed by atoms with Gasteiger partial charge in [0.2, 0.25) is 5.91 Å². The third-order valence-electron chi connectivity index (χ3n) is 3.84. The Morgan fingerprint density at radius 1 is 1.42 bits per heavy atom. The SMILES string of the molecule is CC(C)OC1CCN(C(=O)[C@H]2CCC(=O)C2)C[C@H]1F. The summed E-state index contributed by atoms with van der Waals surface area (Å²) in [6.07, 6.45) is 0.438. The van der Waals surface area contributed by atoms with Gasteiger partial charge in [-0.25, -0.2) is 4.39 Å². The van der Waals surface area contributed by atoms with E-state index in [9.17, 15) is 14.0 Å². The average Bonchev–Trinajstić information content (AvgIpc) is 2.77. The van der Waals surface area contributed by atoms with Gasteiger partial charge in [-0.3, -0.25) is 9.59 Å². The highest BCUT2D eigenvalue weighted by Gasteiger charge is 2.37. The molecule has 4 nitrogen and oxygen atoms in total. The molecule has 2 rings (SSSR count). The number of ether oxygens (including phenoxy) is 1. The van der Waals surface area contributed by atoms with Crippen LogP contribution in [0, 0.1) is 5.92 Å². The Morgan fingerprint density at radius 2 is 2.16 bits per heavy atom. The van der Waals surface area contributed by atoms with Crippen molar-refractivity contribution in [1.82, 2.24) is 4.90 Å². The Morgan fingerprint density at radius 3 is 2.68 bits per heavy atom. The van der Waals surface area contributed by atoms with E-state index >= 15 is 0 Å². The van der Waals surface area contributed by atoms with Crippen molar-refractivity contribution >= 4 is 11.7 Å². The largest absolute Gasteiger partial charge is 0.372 e. The first-order valence-corrected chi connectivity index (χ1v) is 7.07. The highest BCUT2D eigenvalue weighted by atomic mass is 19.1. The number of likely N-dealkylation sites (tertiary alicyclic amines) is 1. The molecular formula is C14H22FNO3. The Kier molecular flexibility index (Phi) is 4.55. The van der Waals surface area contributed by atoms with Crippen molar-refractivity contribution in [3.8, 4) is 0 Å². The van der Waals surface area contributed by atoms with Crippen molar-refractivity contribution in [2.45, 2.75) is 57.9 Å². The summed E-state index contributed by atoms with van der Waals surface area (Å²) in [5, 5.41) is 0. The lowest BCUT2D eigenvalue weighted by atomic mass is 10.0. The fraction of sp³-hybridized carbons (Fsp3) is 0.857. The van der Waals surface area contributed by atoms with Crippen LogP contribution in [0.5, 0.6) is 0 Å². The number of ketones is 1. The molecule has 19 heavy (non-hydrogen) atoms. The number of carbonyl (C=O) groups is 2. The number of nitrogens with zero attached hydrogens (tertiary/aromatic N) is 1. The van der Waals surface area contributed by atoms with Crippen molar-refractivity contribution in [2.75, 3.05) is 13.1 Å². The molecule has 0 aromatic rings. The predicted octanol–water partition coefficient (Wildman–Crippen LogP) is 1.72. The third kappa shape index (κ3) is 3.53. The van der Waals surface area contributed by atoms with Gasteiger partial charge in [0.15, 0.2) is 0 Å². The number of amides is 1. The lowest BCUT2D eigenvalue weighted by Crippen LogP contribution is -2.50. The maximum atomic E-state index is 14.0. The second-order valence-electron chi connectivity index (χ2n) is 5.79. The maximum absolute atomic E-state index is 14.0. The molecule has 5 heteroatoms. The van der Waals surface area contributed by atoms with E-state index in [1.165, 1.54) is 0 Å².